The van der Waals surface area contributed by atoms with Gasteiger partial charge in [-0.15, -0.1) is 0 Å². The van der Waals surface area contributed by atoms with Gasteiger partial charge in [-0.1, -0.05) is 0 Å². The molecule has 0 aliphatic rings. The second kappa shape index (κ2) is 13.4. The molecule has 13 heteroatoms. The Morgan fingerprint density at radius 1 is 0.368 bits per heavy atom. The van der Waals surface area contributed by atoms with Crippen LogP contribution in [0, 0.1) is 0 Å². The molecule has 1 radical (unpaired) electrons. The van der Waals surface area contributed by atoms with Gasteiger partial charge in [0.1, 0.15) is 0 Å². The summed E-state index contributed by atoms with van der Waals surface area (Å²) in [5.74, 6) is -10.9. The molecule has 6 N–H and O–H groups in total. The van der Waals surface area contributed by atoms with E-state index in [-0.39, 0.29) is 17.1 Å². The first kappa shape index (κ1) is 25.3. The van der Waals surface area contributed by atoms with E-state index in [0.29, 0.717) is 0 Å². The van der Waals surface area contributed by atoms with Crippen LogP contribution in [0.15, 0.2) is 0 Å². The Morgan fingerprint density at radius 3 is 0.421 bits per heavy atom. The van der Waals surface area contributed by atoms with E-state index in [9.17, 15) is 0 Å². The molecule has 0 amide bonds. The minimum Gasteiger partial charge on any atom is -0.473 e. The molecule has 0 spiro atoms. The normalized spacial score (nSPS) is 6.95. The topological polar surface area (TPSA) is 224 Å². The maximum absolute atomic E-state index is 9.10. The fraction of sp³-hybridized carbons (Fsp3) is 0. The Balaban J connectivity index is -0.0000000865. The van der Waals surface area contributed by atoms with Gasteiger partial charge in [-0.2, -0.15) is 0 Å². The Morgan fingerprint density at radius 2 is 0.421 bits per heavy atom. The summed E-state index contributed by atoms with van der Waals surface area (Å²) in [5.41, 5.74) is 0. The molecule has 19 heavy (non-hydrogen) atoms. The molecule has 0 atom stereocenters. The second-order valence-electron chi connectivity index (χ2n) is 1.83. The van der Waals surface area contributed by atoms with Crippen molar-refractivity contribution in [2.24, 2.45) is 0 Å². The molecule has 107 valence electrons. The molecule has 0 saturated carbocycles. The maximum atomic E-state index is 9.10. The average Bonchev–Trinajstić information content (AvgIpc) is 2.18. The van der Waals surface area contributed by atoms with Gasteiger partial charge in [-0.25, -0.2) is 28.8 Å². The predicted octanol–water partition coefficient (Wildman–Crippen LogP) is -2.54. The van der Waals surface area contributed by atoms with Crippen LogP contribution in [0.2, 0.25) is 0 Å². The number of hydrogen-bond donors (Lipinski definition) is 6. The first-order valence-corrected chi connectivity index (χ1v) is 3.32. The third-order valence-corrected chi connectivity index (χ3v) is 0.549. The predicted molar refractivity (Wildman–Crippen MR) is 45.8 cm³/mol. The van der Waals surface area contributed by atoms with E-state index < -0.39 is 35.8 Å². The van der Waals surface area contributed by atoms with Gasteiger partial charge in [0.15, 0.2) is 0 Å². The van der Waals surface area contributed by atoms with Crippen LogP contribution in [0.1, 0.15) is 0 Å². The van der Waals surface area contributed by atoms with Crippen molar-refractivity contribution in [3.05, 3.63) is 0 Å². The van der Waals surface area contributed by atoms with E-state index in [4.69, 9.17) is 59.4 Å². The van der Waals surface area contributed by atoms with Gasteiger partial charge in [0.2, 0.25) is 0 Å². The molecular weight excluding hydrogens is 320 g/mol. The van der Waals surface area contributed by atoms with Crippen molar-refractivity contribution < 1.29 is 76.5 Å². The van der Waals surface area contributed by atoms with Crippen LogP contribution in [0.25, 0.3) is 0 Å². The van der Waals surface area contributed by atoms with E-state index in [2.05, 4.69) is 0 Å². The molecule has 0 rings (SSSR count). The summed E-state index contributed by atoms with van der Waals surface area (Å²) >= 11 is 0. The van der Waals surface area contributed by atoms with Crippen LogP contribution in [-0.2, 0) is 45.8 Å². The summed E-state index contributed by atoms with van der Waals surface area (Å²) in [6, 6.07) is 0. The summed E-state index contributed by atoms with van der Waals surface area (Å²) < 4.78 is 0. The Kier molecular flexibility index (Phi) is 17.8. The zero-order valence-electron chi connectivity index (χ0n) is 8.49. The Labute approximate surface area is 113 Å². The van der Waals surface area contributed by atoms with Gasteiger partial charge < -0.3 is 30.6 Å². The monoisotopic (exact) mass is 326 g/mol. The Hall–Kier alpha value is -2.66. The fourth-order valence-corrected chi connectivity index (χ4v) is 0. The first-order valence-electron chi connectivity index (χ1n) is 3.32. The molecule has 0 bridgehead atoms. The SMILES string of the molecule is O=C(O)C(=O)O.O=C(O)C(=O)O.O=C(O)C(=O)O.[Fe+3]. The van der Waals surface area contributed by atoms with Crippen molar-refractivity contribution in [1.29, 1.82) is 0 Å². The van der Waals surface area contributed by atoms with Crippen LogP contribution in [-0.4, -0.2) is 66.5 Å². The summed E-state index contributed by atoms with van der Waals surface area (Å²) in [5, 5.41) is 44.3. The number of carboxylic acid groups (broad SMARTS) is 6. The number of carbonyl (C=O) groups is 6. The first-order chi connectivity index (χ1) is 7.93. The number of hydrogen-bond acceptors (Lipinski definition) is 6. The molecule has 0 aliphatic carbocycles. The summed E-state index contributed by atoms with van der Waals surface area (Å²) in [4.78, 5) is 54.6. The minimum atomic E-state index is -1.82. The van der Waals surface area contributed by atoms with Crippen molar-refractivity contribution in [2.45, 2.75) is 0 Å². The van der Waals surface area contributed by atoms with Crippen molar-refractivity contribution in [3.63, 3.8) is 0 Å². The van der Waals surface area contributed by atoms with Gasteiger partial charge in [0, 0.05) is 0 Å². The molecule has 0 unspecified atom stereocenters. The van der Waals surface area contributed by atoms with E-state index in [1.165, 1.54) is 0 Å². The van der Waals surface area contributed by atoms with Crippen LogP contribution in [0.4, 0.5) is 0 Å². The molecule has 0 heterocycles. The zero-order valence-corrected chi connectivity index (χ0v) is 9.59. The number of carboxylic acids is 6. The molecular formula is C6H6FeO12+3. The van der Waals surface area contributed by atoms with Gasteiger partial charge in [0.05, 0.1) is 0 Å². The molecule has 0 aliphatic heterocycles. The number of rotatable bonds is 0. The van der Waals surface area contributed by atoms with Crippen LogP contribution < -0.4 is 0 Å². The molecule has 0 aromatic rings. The van der Waals surface area contributed by atoms with E-state index >= 15 is 0 Å². The number of aliphatic carboxylic acids is 6. The second-order valence-corrected chi connectivity index (χ2v) is 1.83. The minimum absolute atomic E-state index is 0. The molecule has 0 saturated heterocycles. The van der Waals surface area contributed by atoms with Gasteiger partial charge >= 0.3 is 52.9 Å². The summed E-state index contributed by atoms with van der Waals surface area (Å²) in [6.45, 7) is 0. The largest absolute Gasteiger partial charge is 3.00 e. The van der Waals surface area contributed by atoms with Crippen molar-refractivity contribution >= 4 is 35.8 Å². The third-order valence-electron chi connectivity index (χ3n) is 0.549. The maximum Gasteiger partial charge on any atom is 3.00 e. The van der Waals surface area contributed by atoms with Crippen molar-refractivity contribution in [1.82, 2.24) is 0 Å². The van der Waals surface area contributed by atoms with Crippen molar-refractivity contribution in [2.75, 3.05) is 0 Å². The van der Waals surface area contributed by atoms with Gasteiger partial charge in [-0.3, -0.25) is 0 Å². The molecule has 12 nitrogen and oxygen atoms in total. The molecule has 0 aromatic carbocycles. The van der Waals surface area contributed by atoms with E-state index in [1.54, 1.807) is 0 Å². The van der Waals surface area contributed by atoms with E-state index in [1.807, 2.05) is 0 Å². The van der Waals surface area contributed by atoms with Crippen LogP contribution >= 0.6 is 0 Å². The quantitative estimate of drug-likeness (QED) is 0.200. The van der Waals surface area contributed by atoms with Crippen LogP contribution in [0.5, 0.6) is 0 Å². The summed E-state index contributed by atoms with van der Waals surface area (Å²) in [6.07, 6.45) is 0. The molecule has 0 aromatic heterocycles. The van der Waals surface area contributed by atoms with Gasteiger partial charge in [0.25, 0.3) is 0 Å². The fourth-order valence-electron chi connectivity index (χ4n) is 0. The van der Waals surface area contributed by atoms with Gasteiger partial charge in [-0.05, 0) is 0 Å². The third kappa shape index (κ3) is 31.3. The zero-order chi connectivity index (χ0) is 15.5. The smallest absolute Gasteiger partial charge is 0.473 e. The van der Waals surface area contributed by atoms with Crippen LogP contribution in [0.3, 0.4) is 0 Å². The standard InChI is InChI=1S/3C2H2O4.Fe/c3*3-1(4)2(5)6;/h3*(H,3,4)(H,5,6);/q;;;+3. The average molecular weight is 326 g/mol. The Bertz CT molecular complexity index is 277. The summed E-state index contributed by atoms with van der Waals surface area (Å²) in [7, 11) is 0. The van der Waals surface area contributed by atoms with Crippen molar-refractivity contribution in [3.8, 4) is 0 Å². The van der Waals surface area contributed by atoms with E-state index in [0.717, 1.165) is 0 Å². The molecule has 0 fully saturated rings.